The third kappa shape index (κ3) is 73.2. The highest BCUT2D eigenvalue weighted by Crippen LogP contribution is 2.18. The molecule has 0 aromatic carbocycles. The van der Waals surface area contributed by atoms with Crippen LogP contribution in [0.15, 0.2) is 109 Å². The summed E-state index contributed by atoms with van der Waals surface area (Å²) in [4.78, 5) is 37.7. The second-order valence-electron chi connectivity index (χ2n) is 26.6. The average Bonchev–Trinajstić information content (AvgIpc) is 3.50. The molecule has 1 N–H and O–H groups in total. The maximum absolute atomic E-state index is 13.0. The lowest BCUT2D eigenvalue weighted by molar-refractivity contribution is -0.870. The van der Waals surface area contributed by atoms with Gasteiger partial charge in [-0.25, -0.2) is 4.79 Å². The van der Waals surface area contributed by atoms with Crippen molar-refractivity contribution in [2.24, 2.45) is 0 Å². The van der Waals surface area contributed by atoms with Gasteiger partial charge >= 0.3 is 17.9 Å². The SMILES string of the molecule is CC/C=C\C/C=C\C/C=C\C/C=C\C/C=C\C/C=C\C/C=C\CCCCCCCCCCCCCCCCCC(=O)OC(COC(=O)CCCCCCCCCCCCCCCCCCC/C=C\C/C=C\CCCCCCC)COC(OCC[N+](C)(C)C)C(=O)O. The van der Waals surface area contributed by atoms with Gasteiger partial charge in [0.1, 0.15) is 13.2 Å². The number of allylic oxidation sites excluding steroid dienone is 18. The Morgan fingerprint density at radius 1 is 0.341 bits per heavy atom. The Balaban J connectivity index is 4.06. The lowest BCUT2D eigenvalue weighted by atomic mass is 10.0. The van der Waals surface area contributed by atoms with Crippen molar-refractivity contribution in [1.82, 2.24) is 0 Å². The Kier molecular flexibility index (Phi) is 68.6. The normalized spacial score (nSPS) is 13.3. The summed E-state index contributed by atoms with van der Waals surface area (Å²) in [6.45, 7) is 4.79. The maximum Gasteiger partial charge on any atom is 0.361 e. The molecule has 0 aliphatic carbocycles. The Morgan fingerprint density at radius 3 is 0.934 bits per heavy atom. The quantitative estimate of drug-likeness (QED) is 0.0211. The number of nitrogens with zero attached hydrogens (tertiary/aromatic N) is 1. The van der Waals surface area contributed by atoms with E-state index in [9.17, 15) is 19.5 Å². The van der Waals surface area contributed by atoms with Crippen LogP contribution in [0.25, 0.3) is 0 Å². The first-order chi connectivity index (χ1) is 44.6. The zero-order chi connectivity index (χ0) is 66.1. The van der Waals surface area contributed by atoms with Crippen molar-refractivity contribution in [1.29, 1.82) is 0 Å². The predicted octanol–water partition coefficient (Wildman–Crippen LogP) is 24.1. The molecule has 9 heteroatoms. The summed E-state index contributed by atoms with van der Waals surface area (Å²) in [7, 11) is 5.99. The molecular formula is C82H144NO8+. The van der Waals surface area contributed by atoms with E-state index in [1.165, 1.54) is 218 Å². The standard InChI is InChI=1S/C82H143NO8/c1-6-8-10-12-14-16-18-20-22-24-26-28-30-32-34-36-37-38-39-40-41-42-43-45-47-49-51-53-55-57-59-61-63-65-67-69-71-73-80(85)91-78(77-90-82(81(86)87)88-75-74-83(3,4)5)76-89-79(84)72-70-68-66-64-62-60-58-56-54-52-50-48-46-44-35-33-31-29-27-25-23-21-19-17-15-13-11-9-7-2/h8,10,14,16,19-22,25-28,32,34,37-38,40-41,78,82H,6-7,9,11-13,15,17-18,23-24,29-31,33,35-36,39,42-77H2,1-5H3/p+1/b10-8-,16-14-,21-19-,22-20-,27-25-,28-26-,34-32-,38-37-,41-40-. The molecule has 0 radical (unpaired) electrons. The molecule has 0 bridgehead atoms. The van der Waals surface area contributed by atoms with Crippen LogP contribution in [0.5, 0.6) is 0 Å². The number of carboxylic acid groups (broad SMARTS) is 1. The molecule has 0 saturated carbocycles. The molecule has 0 spiro atoms. The van der Waals surface area contributed by atoms with E-state index in [1.54, 1.807) is 0 Å². The molecule has 2 atom stereocenters. The van der Waals surface area contributed by atoms with Gasteiger partial charge in [0, 0.05) is 12.8 Å². The Labute approximate surface area is 562 Å². The third-order valence-corrected chi connectivity index (χ3v) is 16.5. The molecule has 0 aromatic rings. The van der Waals surface area contributed by atoms with Crippen LogP contribution >= 0.6 is 0 Å². The number of likely N-dealkylation sites (N-methyl/N-ethyl adjacent to an activating group) is 1. The molecule has 2 unspecified atom stereocenters. The Bertz CT molecular complexity index is 1870. The van der Waals surface area contributed by atoms with Crippen molar-refractivity contribution in [2.75, 3.05) is 47.5 Å². The first-order valence-corrected chi connectivity index (χ1v) is 38.1. The molecule has 0 amide bonds. The first-order valence-electron chi connectivity index (χ1n) is 38.1. The molecule has 0 aromatic heterocycles. The van der Waals surface area contributed by atoms with E-state index in [4.69, 9.17) is 18.9 Å². The van der Waals surface area contributed by atoms with Gasteiger partial charge in [-0.2, -0.15) is 0 Å². The van der Waals surface area contributed by atoms with Gasteiger partial charge in [-0.05, 0) is 103 Å². The molecule has 524 valence electrons. The number of hydrogen-bond donors (Lipinski definition) is 1. The van der Waals surface area contributed by atoms with Gasteiger partial charge < -0.3 is 28.5 Å². The van der Waals surface area contributed by atoms with Crippen molar-refractivity contribution >= 4 is 17.9 Å². The van der Waals surface area contributed by atoms with E-state index in [0.717, 1.165) is 89.9 Å². The highest BCUT2D eigenvalue weighted by molar-refractivity contribution is 5.71. The fraction of sp³-hybridized carbons (Fsp3) is 0.744. The number of carbonyl (C=O) groups excluding carboxylic acids is 2. The van der Waals surface area contributed by atoms with Crippen molar-refractivity contribution in [3.8, 4) is 0 Å². The molecular weight excluding hydrogens is 1130 g/mol. The van der Waals surface area contributed by atoms with Crippen LogP contribution < -0.4 is 0 Å². The average molecular weight is 1270 g/mol. The van der Waals surface area contributed by atoms with Crippen LogP contribution in [-0.2, 0) is 33.3 Å². The molecule has 0 aliphatic heterocycles. The zero-order valence-electron chi connectivity index (χ0n) is 60.0. The van der Waals surface area contributed by atoms with Gasteiger partial charge in [0.05, 0.1) is 34.4 Å². The number of quaternary nitrogens is 1. The number of rotatable bonds is 70. The molecule has 0 aliphatic rings. The molecule has 0 fully saturated rings. The summed E-state index contributed by atoms with van der Waals surface area (Å²) >= 11 is 0. The molecule has 0 rings (SSSR count). The summed E-state index contributed by atoms with van der Waals surface area (Å²) < 4.78 is 23.0. The smallest absolute Gasteiger partial charge is 0.361 e. The largest absolute Gasteiger partial charge is 0.477 e. The maximum atomic E-state index is 13.0. The summed E-state index contributed by atoms with van der Waals surface area (Å²) in [6, 6.07) is 0. The van der Waals surface area contributed by atoms with Crippen molar-refractivity contribution < 1.29 is 42.9 Å². The fourth-order valence-corrected chi connectivity index (χ4v) is 10.7. The van der Waals surface area contributed by atoms with Crippen LogP contribution in [-0.4, -0.2) is 87.4 Å². The topological polar surface area (TPSA) is 108 Å². The van der Waals surface area contributed by atoms with Gasteiger partial charge in [-0.1, -0.05) is 329 Å². The van der Waals surface area contributed by atoms with Crippen LogP contribution in [0.1, 0.15) is 335 Å². The Hall–Kier alpha value is -4.05. The highest BCUT2D eigenvalue weighted by Gasteiger charge is 2.25. The van der Waals surface area contributed by atoms with E-state index in [-0.39, 0.29) is 32.2 Å². The van der Waals surface area contributed by atoms with Crippen molar-refractivity contribution in [3.05, 3.63) is 109 Å². The second kappa shape index (κ2) is 71.8. The van der Waals surface area contributed by atoms with Gasteiger partial charge in [-0.15, -0.1) is 0 Å². The van der Waals surface area contributed by atoms with Gasteiger partial charge in [0.2, 0.25) is 0 Å². The number of carboxylic acids is 1. The van der Waals surface area contributed by atoms with Crippen molar-refractivity contribution in [2.45, 2.75) is 347 Å². The van der Waals surface area contributed by atoms with E-state index in [0.29, 0.717) is 17.4 Å². The number of aliphatic carboxylic acids is 1. The van der Waals surface area contributed by atoms with E-state index in [1.807, 2.05) is 21.1 Å². The van der Waals surface area contributed by atoms with Gasteiger partial charge in [0.15, 0.2) is 6.10 Å². The predicted molar refractivity (Wildman–Crippen MR) is 392 cm³/mol. The first kappa shape index (κ1) is 87.0. The summed E-state index contributed by atoms with van der Waals surface area (Å²) in [5.74, 6) is -1.99. The van der Waals surface area contributed by atoms with E-state index in [2.05, 4.69) is 123 Å². The highest BCUT2D eigenvalue weighted by atomic mass is 16.7. The summed E-state index contributed by atoms with van der Waals surface area (Å²) in [5, 5.41) is 9.77. The monoisotopic (exact) mass is 1270 g/mol. The number of carbonyl (C=O) groups is 3. The molecule has 0 heterocycles. The number of unbranched alkanes of at least 4 members (excludes halogenated alkanes) is 37. The van der Waals surface area contributed by atoms with Gasteiger partial charge in [0.25, 0.3) is 6.29 Å². The summed E-state index contributed by atoms with van der Waals surface area (Å²) in [6.07, 6.45) is 97.9. The fourth-order valence-electron chi connectivity index (χ4n) is 10.7. The third-order valence-electron chi connectivity index (χ3n) is 16.5. The van der Waals surface area contributed by atoms with Gasteiger partial charge in [-0.3, -0.25) is 9.59 Å². The lowest BCUT2D eigenvalue weighted by Crippen LogP contribution is -2.40. The molecule has 91 heavy (non-hydrogen) atoms. The van der Waals surface area contributed by atoms with E-state index < -0.39 is 24.3 Å². The second-order valence-corrected chi connectivity index (χ2v) is 26.6. The lowest BCUT2D eigenvalue weighted by Gasteiger charge is -2.25. The summed E-state index contributed by atoms with van der Waals surface area (Å²) in [5.41, 5.74) is 0. The number of ether oxygens (including phenoxy) is 4. The van der Waals surface area contributed by atoms with Crippen LogP contribution in [0.2, 0.25) is 0 Å². The van der Waals surface area contributed by atoms with Crippen LogP contribution in [0.4, 0.5) is 0 Å². The minimum Gasteiger partial charge on any atom is -0.477 e. The minimum atomic E-state index is -1.51. The van der Waals surface area contributed by atoms with E-state index >= 15 is 0 Å². The Morgan fingerprint density at radius 2 is 0.626 bits per heavy atom. The zero-order valence-corrected chi connectivity index (χ0v) is 60.0. The van der Waals surface area contributed by atoms with Crippen LogP contribution in [0, 0.1) is 0 Å². The molecule has 9 nitrogen and oxygen atoms in total. The van der Waals surface area contributed by atoms with Crippen LogP contribution in [0.3, 0.4) is 0 Å². The molecule has 0 saturated heterocycles. The van der Waals surface area contributed by atoms with Crippen molar-refractivity contribution in [3.63, 3.8) is 0 Å². The minimum absolute atomic E-state index is 0.183. The number of esters is 2. The number of hydrogen-bond acceptors (Lipinski definition) is 7.